The minimum absolute atomic E-state index is 0.671. The first-order valence-corrected chi connectivity index (χ1v) is 8.39. The van der Waals surface area contributed by atoms with E-state index in [0.29, 0.717) is 6.61 Å². The molecule has 0 atom stereocenters. The predicted octanol–water partition coefficient (Wildman–Crippen LogP) is 4.74. The first-order chi connectivity index (χ1) is 11.3. The number of rotatable bonds is 5. The average molecular weight is 308 g/mol. The van der Waals surface area contributed by atoms with Gasteiger partial charge in [0, 0.05) is 31.1 Å². The lowest BCUT2D eigenvalue weighted by Gasteiger charge is -2.20. The van der Waals surface area contributed by atoms with Crippen LogP contribution >= 0.6 is 0 Å². The summed E-state index contributed by atoms with van der Waals surface area (Å²) >= 11 is 0. The zero-order valence-electron chi connectivity index (χ0n) is 14.0. The SMILES string of the molecule is CCOc1cccc(N=Cc2ccc(N3CCCC3)c(C)c2)c1. The Bertz CT molecular complexity index is 688. The summed E-state index contributed by atoms with van der Waals surface area (Å²) in [4.78, 5) is 7.04. The van der Waals surface area contributed by atoms with Gasteiger partial charge in [0.05, 0.1) is 12.3 Å². The van der Waals surface area contributed by atoms with E-state index in [4.69, 9.17) is 4.74 Å². The summed E-state index contributed by atoms with van der Waals surface area (Å²) in [6, 6.07) is 14.5. The van der Waals surface area contributed by atoms with Gasteiger partial charge in [0.1, 0.15) is 5.75 Å². The van der Waals surface area contributed by atoms with E-state index in [1.165, 1.54) is 37.2 Å². The van der Waals surface area contributed by atoms with Gasteiger partial charge in [-0.1, -0.05) is 12.1 Å². The topological polar surface area (TPSA) is 24.8 Å². The fourth-order valence-electron chi connectivity index (χ4n) is 3.04. The van der Waals surface area contributed by atoms with Crippen LogP contribution in [-0.4, -0.2) is 25.9 Å². The largest absolute Gasteiger partial charge is 0.494 e. The molecule has 23 heavy (non-hydrogen) atoms. The molecule has 0 N–H and O–H groups in total. The molecule has 0 bridgehead atoms. The fraction of sp³-hybridized carbons (Fsp3) is 0.350. The molecular formula is C20H24N2O. The van der Waals surface area contributed by atoms with E-state index in [0.717, 1.165) is 17.0 Å². The Morgan fingerprint density at radius 1 is 1.13 bits per heavy atom. The Labute approximate surface area is 138 Å². The maximum atomic E-state index is 5.51. The van der Waals surface area contributed by atoms with E-state index >= 15 is 0 Å². The first kappa shape index (κ1) is 15.6. The summed E-state index contributed by atoms with van der Waals surface area (Å²) in [5, 5.41) is 0. The molecule has 0 radical (unpaired) electrons. The van der Waals surface area contributed by atoms with Crippen LogP contribution in [0.3, 0.4) is 0 Å². The molecule has 0 amide bonds. The molecule has 1 aliphatic heterocycles. The zero-order valence-corrected chi connectivity index (χ0v) is 14.0. The second-order valence-corrected chi connectivity index (χ2v) is 5.93. The van der Waals surface area contributed by atoms with Crippen LogP contribution in [0.4, 0.5) is 11.4 Å². The Morgan fingerprint density at radius 2 is 1.96 bits per heavy atom. The average Bonchev–Trinajstić information content (AvgIpc) is 3.08. The van der Waals surface area contributed by atoms with Crippen molar-refractivity contribution in [2.24, 2.45) is 4.99 Å². The first-order valence-electron chi connectivity index (χ1n) is 8.39. The molecule has 3 nitrogen and oxygen atoms in total. The van der Waals surface area contributed by atoms with Crippen LogP contribution in [0.2, 0.25) is 0 Å². The van der Waals surface area contributed by atoms with Gasteiger partial charge in [-0.25, -0.2) is 0 Å². The molecule has 1 aliphatic rings. The fourth-order valence-corrected chi connectivity index (χ4v) is 3.04. The number of hydrogen-bond donors (Lipinski definition) is 0. The van der Waals surface area contributed by atoms with Crippen LogP contribution in [0.1, 0.15) is 30.9 Å². The molecule has 1 heterocycles. The summed E-state index contributed by atoms with van der Waals surface area (Å²) in [5.41, 5.74) is 4.72. The Kier molecular flexibility index (Phi) is 4.96. The van der Waals surface area contributed by atoms with Gasteiger partial charge in [0.25, 0.3) is 0 Å². The third kappa shape index (κ3) is 3.92. The van der Waals surface area contributed by atoms with Gasteiger partial charge in [-0.05, 0) is 62.1 Å². The van der Waals surface area contributed by atoms with Crippen molar-refractivity contribution in [1.29, 1.82) is 0 Å². The minimum Gasteiger partial charge on any atom is -0.494 e. The molecule has 0 unspecified atom stereocenters. The van der Waals surface area contributed by atoms with Gasteiger partial charge in [0.2, 0.25) is 0 Å². The van der Waals surface area contributed by atoms with Crippen molar-refractivity contribution in [2.75, 3.05) is 24.6 Å². The molecule has 2 aromatic carbocycles. The molecule has 1 saturated heterocycles. The highest BCUT2D eigenvalue weighted by Crippen LogP contribution is 2.25. The summed E-state index contributed by atoms with van der Waals surface area (Å²) in [7, 11) is 0. The van der Waals surface area contributed by atoms with E-state index in [1.807, 2.05) is 37.4 Å². The van der Waals surface area contributed by atoms with Crippen LogP contribution in [0.25, 0.3) is 0 Å². The molecule has 2 aromatic rings. The van der Waals surface area contributed by atoms with Crippen molar-refractivity contribution in [3.63, 3.8) is 0 Å². The zero-order chi connectivity index (χ0) is 16.1. The van der Waals surface area contributed by atoms with Crippen LogP contribution in [-0.2, 0) is 0 Å². The highest BCUT2D eigenvalue weighted by Gasteiger charge is 2.13. The van der Waals surface area contributed by atoms with E-state index in [-0.39, 0.29) is 0 Å². The number of aryl methyl sites for hydroxylation is 1. The van der Waals surface area contributed by atoms with Gasteiger partial charge in [0.15, 0.2) is 0 Å². The maximum Gasteiger partial charge on any atom is 0.121 e. The molecule has 3 heteroatoms. The highest BCUT2D eigenvalue weighted by molar-refractivity contribution is 5.83. The Balaban J connectivity index is 1.74. The lowest BCUT2D eigenvalue weighted by molar-refractivity contribution is 0.340. The molecule has 0 spiro atoms. The predicted molar refractivity (Wildman–Crippen MR) is 97.5 cm³/mol. The number of benzene rings is 2. The van der Waals surface area contributed by atoms with Gasteiger partial charge in [-0.3, -0.25) is 4.99 Å². The summed E-state index contributed by atoms with van der Waals surface area (Å²) < 4.78 is 5.51. The van der Waals surface area contributed by atoms with Crippen molar-refractivity contribution in [3.8, 4) is 5.75 Å². The third-order valence-electron chi connectivity index (χ3n) is 4.16. The number of hydrogen-bond acceptors (Lipinski definition) is 3. The van der Waals surface area contributed by atoms with Crippen LogP contribution in [0.5, 0.6) is 5.75 Å². The van der Waals surface area contributed by atoms with Crippen molar-refractivity contribution < 1.29 is 4.74 Å². The number of anilines is 1. The summed E-state index contributed by atoms with van der Waals surface area (Å²) in [6.07, 6.45) is 4.53. The van der Waals surface area contributed by atoms with Crippen LogP contribution in [0, 0.1) is 6.92 Å². The van der Waals surface area contributed by atoms with Crippen molar-refractivity contribution >= 4 is 17.6 Å². The van der Waals surface area contributed by atoms with Gasteiger partial charge >= 0.3 is 0 Å². The number of aliphatic imine (C=N–C) groups is 1. The second kappa shape index (κ2) is 7.32. The van der Waals surface area contributed by atoms with Crippen molar-refractivity contribution in [2.45, 2.75) is 26.7 Å². The van der Waals surface area contributed by atoms with Crippen LogP contribution in [0.15, 0.2) is 47.5 Å². The molecule has 0 aliphatic carbocycles. The van der Waals surface area contributed by atoms with Crippen LogP contribution < -0.4 is 9.64 Å². The van der Waals surface area contributed by atoms with Gasteiger partial charge in [-0.2, -0.15) is 0 Å². The monoisotopic (exact) mass is 308 g/mol. The maximum absolute atomic E-state index is 5.51. The van der Waals surface area contributed by atoms with E-state index in [9.17, 15) is 0 Å². The highest BCUT2D eigenvalue weighted by atomic mass is 16.5. The van der Waals surface area contributed by atoms with Crippen molar-refractivity contribution in [1.82, 2.24) is 0 Å². The molecule has 0 aromatic heterocycles. The number of ether oxygens (including phenoxy) is 1. The van der Waals surface area contributed by atoms with Gasteiger partial charge < -0.3 is 9.64 Å². The lowest BCUT2D eigenvalue weighted by atomic mass is 10.1. The normalized spacial score (nSPS) is 14.6. The molecule has 3 rings (SSSR count). The molecule has 0 saturated carbocycles. The second-order valence-electron chi connectivity index (χ2n) is 5.93. The summed E-state index contributed by atoms with van der Waals surface area (Å²) in [5.74, 6) is 0.864. The minimum atomic E-state index is 0.671. The van der Waals surface area contributed by atoms with E-state index in [2.05, 4.69) is 35.0 Å². The van der Waals surface area contributed by atoms with Gasteiger partial charge in [-0.15, -0.1) is 0 Å². The smallest absolute Gasteiger partial charge is 0.121 e. The molecule has 120 valence electrons. The van der Waals surface area contributed by atoms with Crippen molar-refractivity contribution in [3.05, 3.63) is 53.6 Å². The third-order valence-corrected chi connectivity index (χ3v) is 4.16. The molecular weight excluding hydrogens is 284 g/mol. The Morgan fingerprint density at radius 3 is 2.70 bits per heavy atom. The summed E-state index contributed by atoms with van der Waals surface area (Å²) in [6.45, 7) is 7.20. The standard InChI is InChI=1S/C20H24N2O/c1-3-23-19-8-6-7-18(14-19)21-15-17-9-10-20(16(2)13-17)22-11-4-5-12-22/h6-10,13-15H,3-5,11-12H2,1-2H3. The van der Waals surface area contributed by atoms with E-state index in [1.54, 1.807) is 0 Å². The van der Waals surface area contributed by atoms with E-state index < -0.39 is 0 Å². The Hall–Kier alpha value is -2.29. The lowest BCUT2D eigenvalue weighted by Crippen LogP contribution is -2.18. The number of nitrogens with zero attached hydrogens (tertiary/aromatic N) is 2. The molecule has 1 fully saturated rings. The quantitative estimate of drug-likeness (QED) is 0.745.